The molecule has 1 aromatic rings. The molecule has 0 aliphatic heterocycles. The van der Waals surface area contributed by atoms with Gasteiger partial charge in [0.25, 0.3) is 0 Å². The van der Waals surface area contributed by atoms with Gasteiger partial charge in [-0.2, -0.15) is 5.26 Å². The van der Waals surface area contributed by atoms with Gasteiger partial charge in [-0.05, 0) is 30.2 Å². The van der Waals surface area contributed by atoms with Gasteiger partial charge < -0.3 is 5.73 Å². The van der Waals surface area contributed by atoms with E-state index < -0.39 is 0 Å². The largest absolute Gasteiger partial charge is 0.326 e. The van der Waals surface area contributed by atoms with Crippen molar-refractivity contribution in [1.82, 2.24) is 0 Å². The Morgan fingerprint density at radius 2 is 2.25 bits per heavy atom. The first-order valence-corrected chi connectivity index (χ1v) is 4.37. The average Bonchev–Trinajstić information content (AvgIpc) is 2.03. The lowest BCUT2D eigenvalue weighted by molar-refractivity contribution is 1.04. The van der Waals surface area contributed by atoms with Crippen LogP contribution in [0.15, 0.2) is 16.6 Å². The summed E-state index contributed by atoms with van der Waals surface area (Å²) in [5.74, 6) is 0. The molecule has 0 bridgehead atoms. The molecule has 0 amide bonds. The summed E-state index contributed by atoms with van der Waals surface area (Å²) in [6.07, 6.45) is 0. The summed E-state index contributed by atoms with van der Waals surface area (Å²) in [5, 5.41) is 8.77. The smallest absolute Gasteiger partial charge is 0.0995 e. The Labute approximate surface area is 80.1 Å². The number of benzene rings is 1. The SMILES string of the molecule is Cc1cc(Br)cc(C#N)c1CN. The zero-order valence-electron chi connectivity index (χ0n) is 6.76. The van der Waals surface area contributed by atoms with E-state index in [0.717, 1.165) is 15.6 Å². The van der Waals surface area contributed by atoms with E-state index in [1.54, 1.807) is 6.07 Å². The molecule has 2 N–H and O–H groups in total. The summed E-state index contributed by atoms with van der Waals surface area (Å²) in [4.78, 5) is 0. The highest BCUT2D eigenvalue weighted by Crippen LogP contribution is 2.19. The maximum Gasteiger partial charge on any atom is 0.0995 e. The Balaban J connectivity index is 3.36. The fourth-order valence-corrected chi connectivity index (χ4v) is 1.72. The van der Waals surface area contributed by atoms with E-state index in [2.05, 4.69) is 22.0 Å². The number of nitriles is 1. The molecular weight excluding hydrogens is 216 g/mol. The van der Waals surface area contributed by atoms with Crippen LogP contribution in [0.3, 0.4) is 0 Å². The van der Waals surface area contributed by atoms with Crippen molar-refractivity contribution in [3.8, 4) is 6.07 Å². The number of nitrogens with zero attached hydrogens (tertiary/aromatic N) is 1. The molecule has 1 rings (SSSR count). The van der Waals surface area contributed by atoms with E-state index >= 15 is 0 Å². The molecule has 0 aliphatic rings. The number of nitrogens with two attached hydrogens (primary N) is 1. The Morgan fingerprint density at radius 3 is 2.75 bits per heavy atom. The van der Waals surface area contributed by atoms with Crippen LogP contribution in [-0.4, -0.2) is 0 Å². The van der Waals surface area contributed by atoms with Crippen molar-refractivity contribution in [2.24, 2.45) is 5.73 Å². The minimum atomic E-state index is 0.419. The number of halogens is 1. The van der Waals surface area contributed by atoms with Gasteiger partial charge in [-0.25, -0.2) is 0 Å². The van der Waals surface area contributed by atoms with Crippen LogP contribution in [0.1, 0.15) is 16.7 Å². The Bertz CT molecular complexity index is 339. The molecule has 0 aliphatic carbocycles. The van der Waals surface area contributed by atoms with Gasteiger partial charge in [0, 0.05) is 11.0 Å². The van der Waals surface area contributed by atoms with Gasteiger partial charge in [0.05, 0.1) is 11.6 Å². The molecule has 0 unspecified atom stereocenters. The summed E-state index contributed by atoms with van der Waals surface area (Å²) in [7, 11) is 0. The van der Waals surface area contributed by atoms with Gasteiger partial charge in [0.15, 0.2) is 0 Å². The van der Waals surface area contributed by atoms with Crippen molar-refractivity contribution in [3.63, 3.8) is 0 Å². The lowest BCUT2D eigenvalue weighted by Crippen LogP contribution is -2.02. The van der Waals surface area contributed by atoms with Crippen molar-refractivity contribution < 1.29 is 0 Å². The van der Waals surface area contributed by atoms with Gasteiger partial charge >= 0.3 is 0 Å². The molecule has 2 nitrogen and oxygen atoms in total. The predicted octanol–water partition coefficient (Wildman–Crippen LogP) is 2.09. The zero-order chi connectivity index (χ0) is 9.14. The van der Waals surface area contributed by atoms with Crippen molar-refractivity contribution in [3.05, 3.63) is 33.3 Å². The lowest BCUT2D eigenvalue weighted by atomic mass is 10.0. The molecule has 0 saturated carbocycles. The third-order valence-electron chi connectivity index (χ3n) is 1.76. The van der Waals surface area contributed by atoms with E-state index in [0.29, 0.717) is 12.1 Å². The Kier molecular flexibility index (Phi) is 2.85. The molecule has 0 heterocycles. The van der Waals surface area contributed by atoms with Crippen LogP contribution in [0.25, 0.3) is 0 Å². The molecule has 12 heavy (non-hydrogen) atoms. The average molecular weight is 225 g/mol. The van der Waals surface area contributed by atoms with Crippen LogP contribution in [0.4, 0.5) is 0 Å². The monoisotopic (exact) mass is 224 g/mol. The van der Waals surface area contributed by atoms with E-state index in [1.165, 1.54) is 0 Å². The second-order valence-electron chi connectivity index (χ2n) is 2.56. The van der Waals surface area contributed by atoms with Gasteiger partial charge in [0.1, 0.15) is 0 Å². The molecule has 3 heteroatoms. The topological polar surface area (TPSA) is 49.8 Å². The highest BCUT2D eigenvalue weighted by molar-refractivity contribution is 9.10. The minimum Gasteiger partial charge on any atom is -0.326 e. The predicted molar refractivity (Wildman–Crippen MR) is 51.5 cm³/mol. The molecule has 0 aromatic heterocycles. The quantitative estimate of drug-likeness (QED) is 0.795. The zero-order valence-corrected chi connectivity index (χ0v) is 8.35. The van der Waals surface area contributed by atoms with Crippen molar-refractivity contribution in [2.75, 3.05) is 0 Å². The second-order valence-corrected chi connectivity index (χ2v) is 3.48. The number of hydrogen-bond donors (Lipinski definition) is 1. The van der Waals surface area contributed by atoms with Crippen LogP contribution < -0.4 is 5.73 Å². The van der Waals surface area contributed by atoms with Gasteiger partial charge in [-0.15, -0.1) is 0 Å². The molecule has 0 fully saturated rings. The van der Waals surface area contributed by atoms with Crippen LogP contribution in [-0.2, 0) is 6.54 Å². The molecule has 1 aromatic carbocycles. The minimum absolute atomic E-state index is 0.419. The summed E-state index contributed by atoms with van der Waals surface area (Å²) >= 11 is 3.33. The highest BCUT2D eigenvalue weighted by Gasteiger charge is 2.04. The van der Waals surface area contributed by atoms with E-state index in [4.69, 9.17) is 11.0 Å². The number of aryl methyl sites for hydroxylation is 1. The summed E-state index contributed by atoms with van der Waals surface area (Å²) in [5.41, 5.74) is 8.16. The standard InChI is InChI=1S/C9H9BrN2/c1-6-2-8(10)3-7(4-11)9(6)5-12/h2-3H,5,12H2,1H3. The van der Waals surface area contributed by atoms with Crippen LogP contribution in [0.2, 0.25) is 0 Å². The summed E-state index contributed by atoms with van der Waals surface area (Å²) in [6.45, 7) is 2.37. The number of hydrogen-bond acceptors (Lipinski definition) is 2. The maximum absolute atomic E-state index is 8.77. The number of rotatable bonds is 1. The van der Waals surface area contributed by atoms with E-state index in [9.17, 15) is 0 Å². The summed E-state index contributed by atoms with van der Waals surface area (Å²) < 4.78 is 0.925. The molecule has 62 valence electrons. The Morgan fingerprint density at radius 1 is 1.58 bits per heavy atom. The van der Waals surface area contributed by atoms with E-state index in [-0.39, 0.29) is 0 Å². The molecule has 0 atom stereocenters. The second kappa shape index (κ2) is 3.70. The molecule has 0 saturated heterocycles. The van der Waals surface area contributed by atoms with Crippen molar-refractivity contribution in [1.29, 1.82) is 5.26 Å². The highest BCUT2D eigenvalue weighted by atomic mass is 79.9. The Hall–Kier alpha value is -0.850. The molecule has 0 radical (unpaired) electrons. The van der Waals surface area contributed by atoms with Crippen LogP contribution >= 0.6 is 15.9 Å². The van der Waals surface area contributed by atoms with Crippen molar-refractivity contribution in [2.45, 2.75) is 13.5 Å². The van der Waals surface area contributed by atoms with Gasteiger partial charge in [0.2, 0.25) is 0 Å². The van der Waals surface area contributed by atoms with Crippen LogP contribution in [0, 0.1) is 18.3 Å². The lowest BCUT2D eigenvalue weighted by Gasteiger charge is -2.05. The van der Waals surface area contributed by atoms with Crippen molar-refractivity contribution >= 4 is 15.9 Å². The first-order chi connectivity index (χ1) is 5.69. The fourth-order valence-electron chi connectivity index (χ4n) is 1.14. The van der Waals surface area contributed by atoms with Gasteiger partial charge in [-0.1, -0.05) is 15.9 Å². The molecule has 0 spiro atoms. The third kappa shape index (κ3) is 1.66. The fraction of sp³-hybridized carbons (Fsp3) is 0.222. The first kappa shape index (κ1) is 9.24. The van der Waals surface area contributed by atoms with Crippen LogP contribution in [0.5, 0.6) is 0 Å². The maximum atomic E-state index is 8.77. The molecular formula is C9H9BrN2. The third-order valence-corrected chi connectivity index (χ3v) is 2.22. The van der Waals surface area contributed by atoms with E-state index in [1.807, 2.05) is 13.0 Å². The summed E-state index contributed by atoms with van der Waals surface area (Å²) in [6, 6.07) is 5.87. The normalized spacial score (nSPS) is 9.50. The first-order valence-electron chi connectivity index (χ1n) is 3.58. The van der Waals surface area contributed by atoms with Gasteiger partial charge in [-0.3, -0.25) is 0 Å².